The molecule has 0 radical (unpaired) electrons. The summed E-state index contributed by atoms with van der Waals surface area (Å²) in [6.07, 6.45) is -53.7. The van der Waals surface area contributed by atoms with Crippen LogP contribution < -0.4 is 120 Å². The van der Waals surface area contributed by atoms with E-state index in [4.69, 9.17) is 47.4 Å². The van der Waals surface area contributed by atoms with Crippen LogP contribution in [0.1, 0.15) is 20.8 Å². The third-order valence-corrected chi connectivity index (χ3v) is 12.8. The molecule has 5 aliphatic heterocycles. The molecule has 17 N–H and O–H groups in total. The van der Waals surface area contributed by atoms with Crippen LogP contribution in [0.5, 0.6) is 0 Å². The molecule has 3 amide bonds. The second-order valence-corrected chi connectivity index (χ2v) is 18.4. The number of rotatable bonds is 23. The molecule has 5 rings (SSSR count). The van der Waals surface area contributed by atoms with Crippen LogP contribution in [0, 0.1) is 0 Å². The Morgan fingerprint density at radius 2 is 0.963 bits per heavy atom. The molecule has 446 valence electrons. The van der Waals surface area contributed by atoms with Gasteiger partial charge in [0.1, 0.15) is 140 Å². The Balaban J connectivity index is 0.00000747. The maximum atomic E-state index is 12.8. The quantitative estimate of drug-likeness (QED) is 0.0423. The number of aliphatic carboxylic acids is 3. The maximum absolute atomic E-state index is 12.8. The predicted molar refractivity (Wildman–Crippen MR) is 228 cm³/mol. The summed E-state index contributed by atoms with van der Waals surface area (Å²) in [5.74, 6) is -10.4. The van der Waals surface area contributed by atoms with Crippen LogP contribution in [-0.2, 0) is 76.1 Å². The molecule has 0 spiro atoms. The summed E-state index contributed by atoms with van der Waals surface area (Å²) in [4.78, 5) is 74.0. The van der Waals surface area contributed by atoms with Crippen LogP contribution >= 0.6 is 0 Å². The molecule has 5 heterocycles. The van der Waals surface area contributed by atoms with Gasteiger partial charge in [0.2, 0.25) is 24.0 Å². The van der Waals surface area contributed by atoms with Gasteiger partial charge in [-0.1, -0.05) is 0 Å². The largest absolute Gasteiger partial charge is 1.00 e. The van der Waals surface area contributed by atoms with Crippen molar-refractivity contribution in [1.29, 1.82) is 0 Å². The first-order valence-corrected chi connectivity index (χ1v) is 23.6. The second-order valence-electron chi connectivity index (χ2n) is 18.4. The number of nitrogens with one attached hydrogen (secondary N) is 3. The zero-order valence-corrected chi connectivity index (χ0v) is 50.0. The van der Waals surface area contributed by atoms with Gasteiger partial charge in [-0.2, -0.15) is 0 Å². The SMILES string of the molecule is CC(=O)N[C@H]1[C@H](O[C@H]2[C@H](O)[C@@H](O)[C@H](O[C@@H]([C@H](O)[C@H](O)CO)[C@H](CO)NC(C)=O)O[C@@H]2C(=O)[O-])O[C@H](CO)[C@@H](O)[C@@H]1O[C@@H]1O[C@H](C(=O)[O-])[C@@H](O[C@@H]2O[C@H](CO)[C@@H](O)[C@H](O[C@@H]3OC(C(=O)[O-])=C[C@H](O)[C@H]3O)[C@H]2NC(C)=O)[C@H](O)[C@H]1O.[Na+].[Na+].[Na+]. The zero-order chi connectivity index (χ0) is 58.4. The summed E-state index contributed by atoms with van der Waals surface area (Å²) >= 11 is 0. The summed E-state index contributed by atoms with van der Waals surface area (Å²) in [5, 5.41) is 193. The summed E-state index contributed by atoms with van der Waals surface area (Å²) in [5.41, 5.74) is 0. The number of ether oxygens (including phenoxy) is 10. The fourth-order valence-corrected chi connectivity index (χ4v) is 8.93. The van der Waals surface area contributed by atoms with Gasteiger partial charge in [-0.15, -0.1) is 0 Å². The van der Waals surface area contributed by atoms with Crippen LogP contribution in [-0.4, -0.2) is 299 Å². The van der Waals surface area contributed by atoms with Crippen molar-refractivity contribution in [2.75, 3.05) is 26.4 Å². The molecule has 0 unspecified atom stereocenters. The minimum absolute atomic E-state index is 0. The van der Waals surface area contributed by atoms with E-state index in [1.54, 1.807) is 0 Å². The van der Waals surface area contributed by atoms with Gasteiger partial charge in [0.25, 0.3) is 0 Å². The van der Waals surface area contributed by atoms with Crippen LogP contribution in [0.15, 0.2) is 11.8 Å². The van der Waals surface area contributed by atoms with E-state index in [-0.39, 0.29) is 88.7 Å². The van der Waals surface area contributed by atoms with Crippen molar-refractivity contribution < 1.29 is 252 Å². The summed E-state index contributed by atoms with van der Waals surface area (Å²) in [6.45, 7) is -1.76. The number of aliphatic hydroxyl groups excluding tert-OH is 14. The topological polar surface area (TPSA) is 583 Å². The fourth-order valence-electron chi connectivity index (χ4n) is 8.93. The molecule has 4 fully saturated rings. The van der Waals surface area contributed by atoms with E-state index in [0.29, 0.717) is 6.08 Å². The molecule has 0 aliphatic carbocycles. The number of carbonyl (C=O) groups excluding carboxylic acids is 6. The Morgan fingerprint density at radius 3 is 1.35 bits per heavy atom. The first-order valence-electron chi connectivity index (χ1n) is 23.6. The van der Waals surface area contributed by atoms with Crippen molar-refractivity contribution in [1.82, 2.24) is 16.0 Å². The van der Waals surface area contributed by atoms with Gasteiger partial charge in [0.15, 0.2) is 25.2 Å². The van der Waals surface area contributed by atoms with Gasteiger partial charge in [-0.05, 0) is 6.08 Å². The first-order chi connectivity index (χ1) is 36.6. The molecule has 27 atom stereocenters. The molecule has 36 nitrogen and oxygen atoms in total. The Bertz CT molecular complexity index is 2110. The van der Waals surface area contributed by atoms with Crippen molar-refractivity contribution >= 4 is 35.6 Å². The predicted octanol–water partition coefficient (Wildman–Crippen LogP) is -25.6. The van der Waals surface area contributed by atoms with E-state index in [2.05, 4.69) is 16.0 Å². The van der Waals surface area contributed by atoms with E-state index in [1.165, 1.54) is 0 Å². The first kappa shape index (κ1) is 75.5. The van der Waals surface area contributed by atoms with Crippen molar-refractivity contribution in [3.8, 4) is 0 Å². The minimum atomic E-state index is -2.63. The average molecular weight is 1210 g/mol. The standard InChI is InChI=1S/C42H65N3O33.3Na/c1-9(50)43-12(5-46)28(20(55)14(54)6-47)72-41-26(61)24(59)31(33(77-41)36(65)66)75-39-19(45-11(3)52)30(23(58)17(8-49)71-39)74-42-27(62)25(60)32(34(78-42)37(67)68)76-38-18(44-10(2)51)29(22(57)16(7-48)70-38)73-40-21(56)13(53)4-15(69-40)35(63)64;;;/h4,12-14,16-34,38-42,46-49,53-62H,5-8H2,1-3H3,(H,43,50)(H,44,51)(H,45,52)(H,63,64)(H,65,66)(H,67,68);;;/q;3*+1/p-3/t12-,13-,14+,16+,17+,18+,19+,20+,21+,22+,23+,24+,25+,26+,27+,28+,29+,30+,31-,32-,33-,34-,38-,39-,40-,41+,42+;;;/m0.../s1. The summed E-state index contributed by atoms with van der Waals surface area (Å²) < 4.78 is 55.4. The molecule has 0 bridgehead atoms. The number of amides is 3. The molecule has 5 aliphatic rings. The van der Waals surface area contributed by atoms with E-state index in [9.17, 15) is 116 Å². The molecule has 39 heteroatoms. The minimum Gasteiger partial charge on any atom is -0.547 e. The Labute approximate surface area is 523 Å². The van der Waals surface area contributed by atoms with Crippen molar-refractivity contribution in [3.05, 3.63) is 11.8 Å². The fraction of sp³-hybridized carbons (Fsp3) is 0.810. The molecule has 0 aromatic carbocycles. The Hall–Kier alpha value is -1.56. The molecular weight excluding hydrogens is 1140 g/mol. The number of hydrogen-bond donors (Lipinski definition) is 17. The van der Waals surface area contributed by atoms with Gasteiger partial charge in [0.05, 0.1) is 44.4 Å². The molecule has 0 saturated carbocycles. The normalized spacial score (nSPS) is 39.2. The van der Waals surface area contributed by atoms with Gasteiger partial charge >= 0.3 is 88.7 Å². The Morgan fingerprint density at radius 1 is 0.543 bits per heavy atom. The third-order valence-electron chi connectivity index (χ3n) is 12.8. The zero-order valence-electron chi connectivity index (χ0n) is 44.0. The van der Waals surface area contributed by atoms with Crippen molar-refractivity contribution in [2.45, 2.75) is 186 Å². The van der Waals surface area contributed by atoms with Crippen LogP contribution in [0.25, 0.3) is 0 Å². The van der Waals surface area contributed by atoms with Gasteiger partial charge in [-0.25, -0.2) is 0 Å². The van der Waals surface area contributed by atoms with E-state index >= 15 is 0 Å². The smallest absolute Gasteiger partial charge is 0.547 e. The van der Waals surface area contributed by atoms with Crippen LogP contribution in [0.4, 0.5) is 0 Å². The van der Waals surface area contributed by atoms with E-state index in [0.717, 1.165) is 20.8 Å². The average Bonchev–Trinajstić information content (AvgIpc) is 3.41. The molecular formula is C42H62N3Na3O33. The molecule has 0 aromatic heterocycles. The number of carbonyl (C=O) groups is 6. The van der Waals surface area contributed by atoms with Crippen LogP contribution in [0.2, 0.25) is 0 Å². The Kier molecular flexibility index (Phi) is 31.3. The third kappa shape index (κ3) is 18.3. The molecule has 81 heavy (non-hydrogen) atoms. The van der Waals surface area contributed by atoms with Gasteiger partial charge in [0, 0.05) is 20.8 Å². The second kappa shape index (κ2) is 33.5. The number of carboxylic acid groups (broad SMARTS) is 3. The van der Waals surface area contributed by atoms with E-state index in [1.807, 2.05) is 0 Å². The van der Waals surface area contributed by atoms with E-state index < -0.39 is 233 Å². The monoisotopic (exact) mass is 1210 g/mol. The number of aliphatic hydroxyl groups is 14. The number of hydrogen-bond acceptors (Lipinski definition) is 33. The molecule has 4 saturated heterocycles. The van der Waals surface area contributed by atoms with Crippen molar-refractivity contribution in [2.24, 2.45) is 0 Å². The van der Waals surface area contributed by atoms with Crippen molar-refractivity contribution in [3.63, 3.8) is 0 Å². The summed E-state index contributed by atoms with van der Waals surface area (Å²) in [7, 11) is 0. The van der Waals surface area contributed by atoms with Gasteiger partial charge in [-0.3, -0.25) is 14.4 Å². The maximum Gasteiger partial charge on any atom is 1.00 e. The van der Waals surface area contributed by atoms with Crippen LogP contribution in [0.3, 0.4) is 0 Å². The summed E-state index contributed by atoms with van der Waals surface area (Å²) in [6, 6.07) is -5.64. The molecule has 0 aromatic rings. The van der Waals surface area contributed by atoms with Gasteiger partial charge < -0.3 is 165 Å². The number of carboxylic acids is 3.